The lowest BCUT2D eigenvalue weighted by molar-refractivity contribution is -0.138. The minimum absolute atomic E-state index is 0.305. The molecule has 0 aliphatic rings. The quantitative estimate of drug-likeness (QED) is 0.0949. The predicted octanol–water partition coefficient (Wildman–Crippen LogP) is 33.6. The summed E-state index contributed by atoms with van der Waals surface area (Å²) in [6.07, 6.45) is -27.8. The fourth-order valence-corrected chi connectivity index (χ4v) is 16.1. The Kier molecular flexibility index (Phi) is 20.0. The molecule has 0 fully saturated rings. The average molecular weight is 1680 g/mol. The van der Waals surface area contributed by atoms with Crippen LogP contribution in [0.4, 0.5) is 147 Å². The Morgan fingerprint density at radius 1 is 0.137 bits per heavy atom. The van der Waals surface area contributed by atoms with E-state index in [4.69, 9.17) is 0 Å². The summed E-state index contributed by atoms with van der Waals surface area (Å²) in [5.74, 6) is 0. The number of benzene rings is 18. The smallest absolute Gasteiger partial charge is 0.310 e. The number of hydrogen-bond acceptors (Lipinski definition) is 4. The van der Waals surface area contributed by atoms with E-state index in [2.05, 4.69) is 4.90 Å². The number of hydrogen-bond donors (Lipinski definition) is 0. The van der Waals surface area contributed by atoms with Crippen LogP contribution in [0.3, 0.4) is 0 Å². The Morgan fingerprint density at radius 3 is 0.468 bits per heavy atom. The van der Waals surface area contributed by atoms with Crippen molar-refractivity contribution in [2.45, 2.75) is 37.1 Å². The highest BCUT2D eigenvalue weighted by Crippen LogP contribution is 2.52. The molecule has 0 spiro atoms. The third-order valence-electron chi connectivity index (χ3n) is 22.2. The van der Waals surface area contributed by atoms with Crippen LogP contribution < -0.4 is 19.6 Å². The van der Waals surface area contributed by atoms with Crippen LogP contribution in [-0.4, -0.2) is 0 Å². The lowest BCUT2D eigenvalue weighted by atomic mass is 9.96. The van der Waals surface area contributed by atoms with Gasteiger partial charge in [-0.3, -0.25) is 0 Å². The Labute approximate surface area is 695 Å². The maximum absolute atomic E-state index is 14.1. The zero-order valence-electron chi connectivity index (χ0n) is 64.2. The topological polar surface area (TPSA) is 13.0 Å². The third-order valence-corrected chi connectivity index (χ3v) is 22.2. The van der Waals surface area contributed by atoms with Crippen LogP contribution in [-0.2, 0) is 37.1 Å². The lowest BCUT2D eigenvalue weighted by Crippen LogP contribution is -2.14. The van der Waals surface area contributed by atoms with Gasteiger partial charge in [0, 0.05) is 67.9 Å². The minimum Gasteiger partial charge on any atom is -0.310 e. The Bertz CT molecular complexity index is 6200. The second kappa shape index (κ2) is 30.9. The fraction of sp³-hybridized carbons (Fsp3) is 0.0588. The first kappa shape index (κ1) is 80.5. The molecule has 0 atom stereocenters. The van der Waals surface area contributed by atoms with Crippen molar-refractivity contribution in [3.8, 4) is 33.4 Å². The van der Waals surface area contributed by atoms with E-state index in [1.807, 2.05) is 160 Å². The highest BCUT2D eigenvalue weighted by molar-refractivity contribution is 6.02. The summed E-state index contributed by atoms with van der Waals surface area (Å²) in [6, 6.07) is 95.7. The maximum Gasteiger partial charge on any atom is 0.416 e. The molecule has 18 aromatic carbocycles. The highest BCUT2D eigenvalue weighted by atomic mass is 19.4. The van der Waals surface area contributed by atoms with Crippen LogP contribution in [0.15, 0.2) is 364 Å². The second-order valence-electron chi connectivity index (χ2n) is 30.0. The summed E-state index contributed by atoms with van der Waals surface area (Å²) in [5.41, 5.74) is 5.62. The van der Waals surface area contributed by atoms with Crippen molar-refractivity contribution >= 4 is 133 Å². The first-order chi connectivity index (χ1) is 59.2. The molecule has 614 valence electrons. The lowest BCUT2D eigenvalue weighted by Gasteiger charge is -2.32. The summed E-state index contributed by atoms with van der Waals surface area (Å²) >= 11 is 0. The van der Waals surface area contributed by atoms with Gasteiger partial charge in [0.1, 0.15) is 0 Å². The van der Waals surface area contributed by atoms with Crippen molar-refractivity contribution in [2.24, 2.45) is 0 Å². The van der Waals surface area contributed by atoms with Crippen LogP contribution in [0.25, 0.3) is 98.0 Å². The number of rotatable bonds is 15. The summed E-state index contributed by atoms with van der Waals surface area (Å²) in [4.78, 5) is 7.66. The van der Waals surface area contributed by atoms with E-state index in [1.165, 1.54) is 36.4 Å². The van der Waals surface area contributed by atoms with Gasteiger partial charge < -0.3 is 19.6 Å². The van der Waals surface area contributed by atoms with Crippen molar-refractivity contribution in [1.82, 2.24) is 0 Å². The Morgan fingerprint density at radius 2 is 0.290 bits per heavy atom. The van der Waals surface area contributed by atoms with E-state index in [0.717, 1.165) is 72.8 Å². The van der Waals surface area contributed by atoms with Gasteiger partial charge in [0.05, 0.1) is 50.4 Å². The van der Waals surface area contributed by atoms with Gasteiger partial charge >= 0.3 is 37.1 Å². The van der Waals surface area contributed by atoms with Crippen LogP contribution >= 0.6 is 0 Å². The molecule has 0 radical (unpaired) electrons. The van der Waals surface area contributed by atoms with Crippen LogP contribution in [0.2, 0.25) is 0 Å². The molecule has 0 aliphatic heterocycles. The van der Waals surface area contributed by atoms with Gasteiger partial charge in [0.15, 0.2) is 0 Å². The average Bonchev–Trinajstić information content (AvgIpc) is 0.754. The molecule has 0 heterocycles. The molecule has 0 saturated heterocycles. The minimum atomic E-state index is -4.63. The predicted molar refractivity (Wildman–Crippen MR) is 457 cm³/mol. The van der Waals surface area contributed by atoms with Crippen LogP contribution in [0.5, 0.6) is 0 Å². The highest BCUT2D eigenvalue weighted by Gasteiger charge is 2.37. The summed E-state index contributed by atoms with van der Waals surface area (Å²) in [5, 5.41) is 4.64. The van der Waals surface area contributed by atoms with Gasteiger partial charge in [0.25, 0.3) is 0 Å². The largest absolute Gasteiger partial charge is 0.416 e. The van der Waals surface area contributed by atoms with Gasteiger partial charge in [-0.05, 0) is 282 Å². The summed E-state index contributed by atoms with van der Waals surface area (Å²) in [6.45, 7) is 0. The number of nitrogens with zero attached hydrogens (tertiary/aromatic N) is 4. The molecule has 22 heteroatoms. The van der Waals surface area contributed by atoms with Gasteiger partial charge in [-0.15, -0.1) is 0 Å². The zero-order valence-corrected chi connectivity index (χ0v) is 64.2. The summed E-state index contributed by atoms with van der Waals surface area (Å²) in [7, 11) is 0. The van der Waals surface area contributed by atoms with E-state index in [1.54, 1.807) is 109 Å². The van der Waals surface area contributed by atoms with Crippen molar-refractivity contribution in [3.05, 3.63) is 397 Å². The molecule has 0 bridgehead atoms. The second-order valence-corrected chi connectivity index (χ2v) is 30.0. The van der Waals surface area contributed by atoms with Crippen LogP contribution in [0, 0.1) is 0 Å². The number of alkyl halides is 18. The van der Waals surface area contributed by atoms with Gasteiger partial charge in [-0.2, -0.15) is 79.0 Å². The number of halogens is 18. The third kappa shape index (κ3) is 15.9. The van der Waals surface area contributed by atoms with Gasteiger partial charge in [0.2, 0.25) is 0 Å². The molecular weight excluding hydrogens is 1620 g/mol. The molecule has 0 aliphatic carbocycles. The van der Waals surface area contributed by atoms with E-state index in [9.17, 15) is 79.0 Å². The number of anilines is 12. The van der Waals surface area contributed by atoms with Crippen LogP contribution in [0.1, 0.15) is 33.4 Å². The SMILES string of the molecule is FC(F)(F)c1ccc2cc(N(c3ccc(-c4ccccc4N(c4ccccc4-c4ccc(N(c5ccc6cc(C(F)(F)F)ccc6c5)c5ccc6cc(C(F)(F)F)ccc6c5)cc4)c4ccccc4-c4ccc(N(c5ccc6cc(C(F)(F)F)ccc6c5)c5ccc6cc(C(F)(F)F)ccc6c5)cc4)cc3)c3ccc4cc(C(F)(F)F)ccc4c3)ccc2c1. The van der Waals surface area contributed by atoms with Gasteiger partial charge in [-0.25, -0.2) is 0 Å². The van der Waals surface area contributed by atoms with E-state index in [0.29, 0.717) is 166 Å². The number of fused-ring (bicyclic) bond motifs is 6. The summed E-state index contributed by atoms with van der Waals surface area (Å²) < 4.78 is 254. The standard InChI is InChI=1S/C102H60F18N4/c103-97(104,105)76-31-13-70-55-85(43-25-64(70)49-76)121(86-44-26-65-50-77(98(106,107)108)32-14-71(65)56-86)82-37-19-61(20-38-82)91-7-1-4-10-94(91)124(95-11-5-2-8-92(95)62-21-39-83(40-22-62)122(87-45-27-66-51-78(99(109,110)111)33-15-72(66)57-87)88-46-28-67-52-79(100(112,113)114)34-16-73(67)58-88)96-12-6-3-9-93(96)63-23-41-84(42-24-63)123(89-47-29-68-53-80(101(115,116)117)35-17-74(68)59-89)90-48-30-69-54-81(102(118,119)120)36-18-75(69)60-90/h1-60H. The first-order valence-corrected chi connectivity index (χ1v) is 38.6. The molecule has 4 nitrogen and oxygen atoms in total. The normalized spacial score (nSPS) is 12.4. The van der Waals surface area contributed by atoms with Crippen molar-refractivity contribution in [1.29, 1.82) is 0 Å². The first-order valence-electron chi connectivity index (χ1n) is 38.6. The fourth-order valence-electron chi connectivity index (χ4n) is 16.1. The number of para-hydroxylation sites is 3. The van der Waals surface area contributed by atoms with E-state index in [-0.39, 0.29) is 0 Å². The molecule has 18 aromatic rings. The molecule has 0 N–H and O–H groups in total. The molecule has 124 heavy (non-hydrogen) atoms. The molecular formula is C102H60F18N4. The van der Waals surface area contributed by atoms with E-state index >= 15 is 0 Å². The molecule has 18 rings (SSSR count). The monoisotopic (exact) mass is 1680 g/mol. The Hall–Kier alpha value is -14.5. The van der Waals surface area contributed by atoms with Gasteiger partial charge in [-0.1, -0.05) is 164 Å². The molecule has 0 amide bonds. The Balaban J connectivity index is 0.782. The molecule has 0 saturated carbocycles. The van der Waals surface area contributed by atoms with E-state index < -0.39 is 70.4 Å². The maximum atomic E-state index is 14.1. The van der Waals surface area contributed by atoms with Crippen molar-refractivity contribution in [2.75, 3.05) is 19.6 Å². The van der Waals surface area contributed by atoms with Crippen molar-refractivity contribution < 1.29 is 79.0 Å². The molecule has 0 aromatic heterocycles. The van der Waals surface area contributed by atoms with Crippen molar-refractivity contribution in [3.63, 3.8) is 0 Å². The molecule has 0 unspecified atom stereocenters. The zero-order chi connectivity index (χ0) is 86.5.